The van der Waals surface area contributed by atoms with Gasteiger partial charge in [-0.25, -0.2) is 0 Å². The van der Waals surface area contributed by atoms with Crippen LogP contribution in [0.4, 0.5) is 5.88 Å². The van der Waals surface area contributed by atoms with E-state index in [1.807, 2.05) is 6.07 Å². The van der Waals surface area contributed by atoms with Crippen LogP contribution in [0.2, 0.25) is 0 Å². The van der Waals surface area contributed by atoms with E-state index in [4.69, 9.17) is 4.52 Å². The Morgan fingerprint density at radius 3 is 3.17 bits per heavy atom. The van der Waals surface area contributed by atoms with Crippen LogP contribution < -0.4 is 10.6 Å². The van der Waals surface area contributed by atoms with E-state index in [1.165, 1.54) is 0 Å². The number of hydrogen-bond acceptors (Lipinski definition) is 4. The van der Waals surface area contributed by atoms with E-state index in [1.54, 1.807) is 0 Å². The van der Waals surface area contributed by atoms with Gasteiger partial charge in [0.25, 0.3) is 0 Å². The molecule has 0 aromatic carbocycles. The van der Waals surface area contributed by atoms with Crippen LogP contribution in [0.5, 0.6) is 0 Å². The molecule has 1 aromatic heterocycles. The van der Waals surface area contributed by atoms with E-state index in [2.05, 4.69) is 29.6 Å². The van der Waals surface area contributed by atoms with Crippen molar-refractivity contribution in [3.8, 4) is 0 Å². The molecule has 0 bridgehead atoms. The second-order valence-corrected chi connectivity index (χ2v) is 4.92. The van der Waals surface area contributed by atoms with Crippen LogP contribution in [0.15, 0.2) is 10.6 Å². The summed E-state index contributed by atoms with van der Waals surface area (Å²) in [6.45, 7) is 5.10. The number of nitrogens with one attached hydrogen (secondary N) is 2. The van der Waals surface area contributed by atoms with Crippen LogP contribution in [0, 0.1) is 0 Å². The van der Waals surface area contributed by atoms with Gasteiger partial charge in [-0.15, -0.1) is 0 Å². The largest absolute Gasteiger partial charge is 0.338 e. The van der Waals surface area contributed by atoms with Gasteiger partial charge in [0.05, 0.1) is 11.7 Å². The summed E-state index contributed by atoms with van der Waals surface area (Å²) in [6.07, 6.45) is 4.13. The quantitative estimate of drug-likeness (QED) is 0.861. The Morgan fingerprint density at radius 2 is 2.50 bits per heavy atom. The lowest BCUT2D eigenvalue weighted by Crippen LogP contribution is -2.43. The molecule has 5 heteroatoms. The van der Waals surface area contributed by atoms with Gasteiger partial charge in [-0.3, -0.25) is 10.1 Å². The Labute approximate surface area is 107 Å². The molecule has 1 aliphatic heterocycles. The molecule has 1 aromatic rings. The summed E-state index contributed by atoms with van der Waals surface area (Å²) in [7, 11) is 0. The van der Waals surface area contributed by atoms with E-state index in [0.29, 0.717) is 11.8 Å². The number of hydrogen-bond donors (Lipinski definition) is 2. The third-order valence-electron chi connectivity index (χ3n) is 3.52. The van der Waals surface area contributed by atoms with Crippen molar-refractivity contribution >= 4 is 11.8 Å². The van der Waals surface area contributed by atoms with Crippen molar-refractivity contribution < 1.29 is 9.32 Å². The predicted molar refractivity (Wildman–Crippen MR) is 69.5 cm³/mol. The topological polar surface area (TPSA) is 67.2 Å². The van der Waals surface area contributed by atoms with Crippen molar-refractivity contribution in [2.24, 2.45) is 0 Å². The van der Waals surface area contributed by atoms with Gasteiger partial charge in [0, 0.05) is 12.0 Å². The van der Waals surface area contributed by atoms with Crippen molar-refractivity contribution in [2.75, 3.05) is 11.9 Å². The smallest absolute Gasteiger partial charge is 0.243 e. The lowest BCUT2D eigenvalue weighted by Gasteiger charge is -2.21. The Hall–Kier alpha value is -1.36. The Morgan fingerprint density at radius 1 is 1.67 bits per heavy atom. The molecule has 2 N–H and O–H groups in total. The molecule has 1 aliphatic rings. The van der Waals surface area contributed by atoms with Crippen LogP contribution in [0.3, 0.4) is 0 Å². The SMILES string of the molecule is CCC(C)c1cc(NC(=O)C2CCCCN2)on1. The summed E-state index contributed by atoms with van der Waals surface area (Å²) in [5, 5.41) is 9.96. The van der Waals surface area contributed by atoms with Crippen molar-refractivity contribution in [1.82, 2.24) is 10.5 Å². The van der Waals surface area contributed by atoms with Crippen LogP contribution >= 0.6 is 0 Å². The molecule has 18 heavy (non-hydrogen) atoms. The summed E-state index contributed by atoms with van der Waals surface area (Å²) in [6, 6.07) is 1.71. The molecule has 1 amide bonds. The van der Waals surface area contributed by atoms with E-state index >= 15 is 0 Å². The van der Waals surface area contributed by atoms with E-state index in [9.17, 15) is 4.79 Å². The van der Waals surface area contributed by atoms with Crippen LogP contribution in [-0.4, -0.2) is 23.7 Å². The molecule has 2 heterocycles. The van der Waals surface area contributed by atoms with Gasteiger partial charge in [-0.1, -0.05) is 25.4 Å². The van der Waals surface area contributed by atoms with Gasteiger partial charge in [0.1, 0.15) is 0 Å². The number of amides is 1. The van der Waals surface area contributed by atoms with Crippen molar-refractivity contribution in [3.63, 3.8) is 0 Å². The number of rotatable bonds is 4. The fraction of sp³-hybridized carbons (Fsp3) is 0.692. The first kappa shape index (κ1) is 13.1. The predicted octanol–water partition coefficient (Wildman–Crippen LogP) is 2.27. The number of carbonyl (C=O) groups excluding carboxylic acids is 1. The standard InChI is InChI=1S/C13H21N3O2/c1-3-9(2)11-8-12(18-16-11)15-13(17)10-6-4-5-7-14-10/h8-10,14H,3-7H2,1-2H3,(H,15,17). The molecule has 2 rings (SSSR count). The van der Waals surface area contributed by atoms with Crippen molar-refractivity contribution in [3.05, 3.63) is 11.8 Å². The zero-order valence-electron chi connectivity index (χ0n) is 11.0. The van der Waals surface area contributed by atoms with E-state index in [0.717, 1.165) is 37.9 Å². The molecule has 0 saturated carbocycles. The first-order valence-corrected chi connectivity index (χ1v) is 6.71. The molecule has 100 valence electrons. The maximum Gasteiger partial charge on any atom is 0.243 e. The molecule has 2 unspecified atom stereocenters. The molecular formula is C13H21N3O2. The highest BCUT2D eigenvalue weighted by atomic mass is 16.5. The molecule has 5 nitrogen and oxygen atoms in total. The van der Waals surface area contributed by atoms with Crippen molar-refractivity contribution in [1.29, 1.82) is 0 Å². The second kappa shape index (κ2) is 6.00. The lowest BCUT2D eigenvalue weighted by molar-refractivity contribution is -0.118. The summed E-state index contributed by atoms with van der Waals surface area (Å²) in [5.74, 6) is 0.774. The molecule has 0 spiro atoms. The molecule has 1 saturated heterocycles. The van der Waals surface area contributed by atoms with Gasteiger partial charge in [-0.05, 0) is 25.8 Å². The number of nitrogens with zero attached hydrogens (tertiary/aromatic N) is 1. The van der Waals surface area contributed by atoms with Gasteiger partial charge in [0.2, 0.25) is 11.8 Å². The third-order valence-corrected chi connectivity index (χ3v) is 3.52. The Kier molecular flexibility index (Phi) is 4.36. The molecule has 1 fully saturated rings. The van der Waals surface area contributed by atoms with Gasteiger partial charge < -0.3 is 9.84 Å². The second-order valence-electron chi connectivity index (χ2n) is 4.92. The number of aromatic nitrogens is 1. The molecular weight excluding hydrogens is 230 g/mol. The Bertz CT molecular complexity index is 397. The minimum absolute atomic E-state index is 0.0263. The molecule has 0 radical (unpaired) electrons. The monoisotopic (exact) mass is 251 g/mol. The summed E-state index contributed by atoms with van der Waals surface area (Å²) in [5.41, 5.74) is 0.893. The van der Waals surface area contributed by atoms with Gasteiger partial charge in [0.15, 0.2) is 0 Å². The third kappa shape index (κ3) is 3.10. The zero-order valence-corrected chi connectivity index (χ0v) is 11.0. The van der Waals surface area contributed by atoms with Crippen LogP contribution in [-0.2, 0) is 4.79 Å². The fourth-order valence-corrected chi connectivity index (χ4v) is 2.07. The van der Waals surface area contributed by atoms with Gasteiger partial charge in [-0.2, -0.15) is 0 Å². The minimum atomic E-state index is -0.101. The van der Waals surface area contributed by atoms with Crippen molar-refractivity contribution in [2.45, 2.75) is 51.5 Å². The number of piperidine rings is 1. The maximum absolute atomic E-state index is 12.0. The number of anilines is 1. The van der Waals surface area contributed by atoms with Crippen LogP contribution in [0.25, 0.3) is 0 Å². The summed E-state index contributed by atoms with van der Waals surface area (Å²) >= 11 is 0. The fourth-order valence-electron chi connectivity index (χ4n) is 2.07. The first-order valence-electron chi connectivity index (χ1n) is 6.71. The average molecular weight is 251 g/mol. The van der Waals surface area contributed by atoms with E-state index < -0.39 is 0 Å². The summed E-state index contributed by atoms with van der Waals surface area (Å²) < 4.78 is 5.14. The van der Waals surface area contributed by atoms with Gasteiger partial charge >= 0.3 is 0 Å². The number of carbonyl (C=O) groups is 1. The highest BCUT2D eigenvalue weighted by Crippen LogP contribution is 2.21. The summed E-state index contributed by atoms with van der Waals surface area (Å²) in [4.78, 5) is 12.0. The zero-order chi connectivity index (χ0) is 13.0. The maximum atomic E-state index is 12.0. The highest BCUT2D eigenvalue weighted by molar-refractivity contribution is 5.93. The highest BCUT2D eigenvalue weighted by Gasteiger charge is 2.21. The molecule has 0 aliphatic carbocycles. The first-order chi connectivity index (χ1) is 8.70. The lowest BCUT2D eigenvalue weighted by atomic mass is 10.0. The normalized spacial score (nSPS) is 21.6. The molecule has 2 atom stereocenters. The Balaban J connectivity index is 1.92. The average Bonchev–Trinajstić information content (AvgIpc) is 2.87. The van der Waals surface area contributed by atoms with E-state index in [-0.39, 0.29) is 11.9 Å². The minimum Gasteiger partial charge on any atom is -0.338 e. The van der Waals surface area contributed by atoms with Crippen LogP contribution in [0.1, 0.15) is 51.1 Å².